The van der Waals surface area contributed by atoms with Gasteiger partial charge in [-0.2, -0.15) is 0 Å². The van der Waals surface area contributed by atoms with Crippen molar-refractivity contribution in [2.75, 3.05) is 13.2 Å². The van der Waals surface area contributed by atoms with Gasteiger partial charge in [-0.3, -0.25) is 33.8 Å². The Labute approximate surface area is 370 Å². The molecule has 6 rings (SSSR count). The summed E-state index contributed by atoms with van der Waals surface area (Å²) in [5, 5.41) is 13.7. The fourth-order valence-electron chi connectivity index (χ4n) is 9.88. The number of cyclic esters (lactones) is 1. The number of pyridine rings is 1. The summed E-state index contributed by atoms with van der Waals surface area (Å²) < 4.78 is 65.5. The van der Waals surface area contributed by atoms with E-state index in [0.717, 1.165) is 61.7 Å². The molecule has 2 aromatic heterocycles. The molecule has 2 aliphatic carbocycles. The maximum absolute atomic E-state index is 15.0. The van der Waals surface area contributed by atoms with Gasteiger partial charge in [0.05, 0.1) is 29.0 Å². The van der Waals surface area contributed by atoms with Crippen molar-refractivity contribution in [3.05, 3.63) is 53.7 Å². The van der Waals surface area contributed by atoms with E-state index in [-0.39, 0.29) is 23.2 Å². The van der Waals surface area contributed by atoms with Crippen LogP contribution in [-0.2, 0) is 87.4 Å². The van der Waals surface area contributed by atoms with Gasteiger partial charge in [0, 0.05) is 54.2 Å². The fourth-order valence-corrected chi connectivity index (χ4v) is 9.88. The van der Waals surface area contributed by atoms with E-state index >= 15 is 4.79 Å². The molecule has 22 nitrogen and oxygen atoms in total. The van der Waals surface area contributed by atoms with Crippen molar-refractivity contribution in [2.45, 2.75) is 134 Å². The van der Waals surface area contributed by atoms with E-state index in [1.807, 2.05) is 0 Å². The van der Waals surface area contributed by atoms with Crippen LogP contribution in [0.15, 0.2) is 41.3 Å². The Morgan fingerprint density at radius 3 is 1.94 bits per heavy atom. The van der Waals surface area contributed by atoms with Gasteiger partial charge in [0.25, 0.3) is 0 Å². The van der Waals surface area contributed by atoms with Crippen LogP contribution in [0.5, 0.6) is 0 Å². The maximum atomic E-state index is 15.0. The van der Waals surface area contributed by atoms with Gasteiger partial charge in [-0.25, -0.2) is 14.4 Å². The SMILES string of the molecule is CC(=O)OCC12C(OC(C)=O)C(OC(C)=O)C3C(OC(C)=O)C14OC3(C)COC(=O)c1cccnc1CCC(C)(OC(=O)c1ccoc1)C(=O)OC(C(OC(C)=O)C2OC(C)=O)C4(C)O. The monoisotopic (exact) mass is 915 g/mol. The van der Waals surface area contributed by atoms with E-state index in [1.165, 1.54) is 37.6 Å². The normalized spacial score (nSPS) is 35.0. The van der Waals surface area contributed by atoms with Gasteiger partial charge in [0.1, 0.15) is 48.3 Å². The predicted octanol–water partition coefficient (Wildman–Crippen LogP) is 1.44. The van der Waals surface area contributed by atoms with E-state index in [4.69, 9.17) is 51.8 Å². The number of aryl methyl sites for hydroxylation is 1. The largest absolute Gasteiger partial charge is 0.472 e. The molecule has 352 valence electrons. The zero-order valence-electron chi connectivity index (χ0n) is 36.9. The average molecular weight is 916 g/mol. The molecule has 4 bridgehead atoms. The van der Waals surface area contributed by atoms with Crippen LogP contribution in [0, 0.1) is 11.3 Å². The number of aliphatic hydroxyl groups is 1. The van der Waals surface area contributed by atoms with Crippen molar-refractivity contribution in [3.63, 3.8) is 0 Å². The molecule has 2 aromatic rings. The third-order valence-electron chi connectivity index (χ3n) is 12.3. The lowest BCUT2D eigenvalue weighted by molar-refractivity contribution is -0.387. The van der Waals surface area contributed by atoms with Gasteiger partial charge >= 0.3 is 53.7 Å². The smallest absolute Gasteiger partial charge is 0.350 e. The number of esters is 9. The second kappa shape index (κ2) is 17.5. The van der Waals surface area contributed by atoms with Gasteiger partial charge in [0.15, 0.2) is 30.0 Å². The van der Waals surface area contributed by atoms with Crippen molar-refractivity contribution < 1.29 is 100 Å². The summed E-state index contributed by atoms with van der Waals surface area (Å²) in [5.41, 5.74) is -13.4. The molecular formula is C43H49NO21. The predicted molar refractivity (Wildman–Crippen MR) is 208 cm³/mol. The second-order valence-electron chi connectivity index (χ2n) is 16.9. The summed E-state index contributed by atoms with van der Waals surface area (Å²) in [5.74, 6) is -11.7. The number of fused-ring (bicyclic) bond motifs is 5. The number of hydrogen-bond acceptors (Lipinski definition) is 22. The Balaban J connectivity index is 1.77. The molecule has 12 atom stereocenters. The number of hydrogen-bond donors (Lipinski definition) is 1. The molecule has 1 spiro atoms. The summed E-state index contributed by atoms with van der Waals surface area (Å²) in [4.78, 5) is 127. The molecule has 4 heterocycles. The molecule has 12 unspecified atom stereocenters. The highest BCUT2D eigenvalue weighted by Gasteiger charge is 2.92. The summed E-state index contributed by atoms with van der Waals surface area (Å²) in [6, 6.07) is 4.03. The molecule has 65 heavy (non-hydrogen) atoms. The number of carbonyl (C=O) groups is 9. The zero-order chi connectivity index (χ0) is 48.0. The van der Waals surface area contributed by atoms with Crippen LogP contribution in [0.1, 0.15) is 95.1 Å². The summed E-state index contributed by atoms with van der Waals surface area (Å²) >= 11 is 0. The molecule has 2 saturated carbocycles. The second-order valence-corrected chi connectivity index (χ2v) is 16.9. The van der Waals surface area contributed by atoms with Gasteiger partial charge in [-0.1, -0.05) is 0 Å². The quantitative estimate of drug-likeness (QED) is 0.275. The van der Waals surface area contributed by atoms with Crippen LogP contribution in [0.4, 0.5) is 0 Å². The number of ether oxygens (including phenoxy) is 10. The van der Waals surface area contributed by atoms with Gasteiger partial charge in [-0.15, -0.1) is 0 Å². The lowest BCUT2D eigenvalue weighted by Gasteiger charge is -2.67. The minimum atomic E-state index is -3.01. The van der Waals surface area contributed by atoms with Crippen LogP contribution in [0.3, 0.4) is 0 Å². The van der Waals surface area contributed by atoms with Crippen molar-refractivity contribution in [1.29, 1.82) is 0 Å². The molecular weight excluding hydrogens is 866 g/mol. The first-order valence-corrected chi connectivity index (χ1v) is 20.3. The molecule has 0 amide bonds. The highest BCUT2D eigenvalue weighted by molar-refractivity contribution is 5.93. The molecule has 0 aromatic carbocycles. The van der Waals surface area contributed by atoms with E-state index in [2.05, 4.69) is 4.98 Å². The van der Waals surface area contributed by atoms with E-state index in [9.17, 15) is 43.5 Å². The van der Waals surface area contributed by atoms with Crippen molar-refractivity contribution in [2.24, 2.45) is 11.3 Å². The molecule has 22 heteroatoms. The van der Waals surface area contributed by atoms with Crippen LogP contribution < -0.4 is 0 Å². The van der Waals surface area contributed by atoms with Crippen LogP contribution in [-0.4, -0.2) is 136 Å². The van der Waals surface area contributed by atoms with E-state index < -0.39 is 144 Å². The summed E-state index contributed by atoms with van der Waals surface area (Å²) in [6.45, 7) is 7.21. The number of rotatable bonds is 9. The molecule has 0 radical (unpaired) electrons. The first kappa shape index (κ1) is 48.0. The van der Waals surface area contributed by atoms with Crippen molar-refractivity contribution in [1.82, 2.24) is 4.98 Å². The van der Waals surface area contributed by atoms with Crippen molar-refractivity contribution in [3.8, 4) is 0 Å². The molecule has 1 N–H and O–H groups in total. The Kier molecular flexibility index (Phi) is 12.9. The van der Waals surface area contributed by atoms with E-state index in [0.29, 0.717) is 0 Å². The Hall–Kier alpha value is -6.42. The number of carbonyl (C=O) groups excluding carboxylic acids is 9. The topological polar surface area (TPSA) is 292 Å². The highest BCUT2D eigenvalue weighted by Crippen LogP contribution is 2.70. The third-order valence-corrected chi connectivity index (χ3v) is 12.3. The minimum Gasteiger partial charge on any atom is -0.472 e. The van der Waals surface area contributed by atoms with Gasteiger partial charge in [-0.05, 0) is 45.4 Å². The maximum Gasteiger partial charge on any atom is 0.350 e. The summed E-state index contributed by atoms with van der Waals surface area (Å²) in [7, 11) is 0. The Morgan fingerprint density at radius 2 is 1.37 bits per heavy atom. The lowest BCUT2D eigenvalue weighted by Crippen LogP contribution is -2.89. The summed E-state index contributed by atoms with van der Waals surface area (Å²) in [6.07, 6.45) is -10.00. The third kappa shape index (κ3) is 8.28. The average Bonchev–Trinajstić information content (AvgIpc) is 3.82. The van der Waals surface area contributed by atoms with Gasteiger partial charge < -0.3 is 56.9 Å². The zero-order valence-corrected chi connectivity index (χ0v) is 36.9. The molecule has 2 aliphatic heterocycles. The lowest BCUT2D eigenvalue weighted by atomic mass is 9.45. The van der Waals surface area contributed by atoms with Crippen LogP contribution >= 0.6 is 0 Å². The number of aromatic nitrogens is 1. The van der Waals surface area contributed by atoms with E-state index in [1.54, 1.807) is 0 Å². The number of nitrogens with zero attached hydrogens (tertiary/aromatic N) is 1. The van der Waals surface area contributed by atoms with Crippen LogP contribution in [0.25, 0.3) is 0 Å². The number of furan rings is 1. The minimum absolute atomic E-state index is 0.0462. The fraction of sp³-hybridized carbons (Fsp3) is 0.581. The molecule has 1 saturated heterocycles. The highest BCUT2D eigenvalue weighted by atomic mass is 16.7. The molecule has 4 aliphatic rings. The first-order valence-electron chi connectivity index (χ1n) is 20.3. The Morgan fingerprint density at radius 1 is 0.785 bits per heavy atom. The Bertz CT molecular complexity index is 2270. The van der Waals surface area contributed by atoms with Crippen LogP contribution in [0.2, 0.25) is 0 Å². The standard InChI is InChI=1S/C43H49NO21/c1-20(45)56-19-42-34(61-24(5)49)30(58-21(2)46)29-32(60-23(4)48)43(42)41(9,54)33(31(59-22(3)47)35(42)62-25(6)50)63-38(53)39(7,64-36(51)26-13-16-55-17-26)14-12-28-27(11-10-15-44-28)37(52)57-18-40(29,8)65-43/h10-11,13,15-17,29-35,54H,12,14,18-19H2,1-9H3. The first-order chi connectivity index (χ1) is 30.3. The van der Waals surface area contributed by atoms with Gasteiger partial charge in [0.2, 0.25) is 5.60 Å². The van der Waals surface area contributed by atoms with Crippen molar-refractivity contribution >= 4 is 53.7 Å². The molecule has 3 fully saturated rings.